The van der Waals surface area contributed by atoms with Gasteiger partial charge < -0.3 is 29.0 Å². The molecule has 3 amide bonds. The van der Waals surface area contributed by atoms with E-state index < -0.39 is 47.7 Å². The Labute approximate surface area is 257 Å². The number of carbonyl (C=O) groups is 5. The smallest absolute Gasteiger partial charge is 0.414 e. The topological polar surface area (TPSA) is 162 Å². The average Bonchev–Trinajstić information content (AvgIpc) is 3.88. The first kappa shape index (κ1) is 35.0. The van der Waals surface area contributed by atoms with Crippen molar-refractivity contribution in [3.05, 3.63) is 11.6 Å². The summed E-state index contributed by atoms with van der Waals surface area (Å²) >= 11 is 1.06. The molecule has 43 heavy (non-hydrogen) atoms. The SMILES string of the molecule is CCC(=O)CCCC(=O)N[C@H](CSCC(=O)NC(=O)O[C@@H]1CC[C@]2(CO2)[C@@H](C2(C)O[C@@H]2CC=C(C)C)[C@@H]1OC)C(=O)OC. The highest BCUT2D eigenvalue weighted by atomic mass is 32.2. The molecule has 13 heteroatoms. The summed E-state index contributed by atoms with van der Waals surface area (Å²) in [5, 5.41) is 4.82. The number of alkyl carbamates (subject to hydrolysis) is 1. The van der Waals surface area contributed by atoms with E-state index in [-0.39, 0.29) is 41.3 Å². The molecule has 0 radical (unpaired) electrons. The highest BCUT2D eigenvalue weighted by molar-refractivity contribution is 8.00. The molecule has 2 heterocycles. The molecule has 2 aliphatic heterocycles. The molecule has 3 fully saturated rings. The van der Waals surface area contributed by atoms with Crippen LogP contribution < -0.4 is 10.6 Å². The van der Waals surface area contributed by atoms with Crippen LogP contribution in [0.3, 0.4) is 0 Å². The molecular weight excluding hydrogens is 580 g/mol. The van der Waals surface area contributed by atoms with Gasteiger partial charge in [0.25, 0.3) is 0 Å². The molecule has 1 unspecified atom stereocenters. The van der Waals surface area contributed by atoms with Crippen molar-refractivity contribution in [2.45, 2.75) is 108 Å². The van der Waals surface area contributed by atoms with Gasteiger partial charge in [0.1, 0.15) is 35.2 Å². The lowest BCUT2D eigenvalue weighted by molar-refractivity contribution is -0.144. The van der Waals surface area contributed by atoms with Crippen molar-refractivity contribution in [1.29, 1.82) is 0 Å². The van der Waals surface area contributed by atoms with Gasteiger partial charge in [0.05, 0.1) is 31.5 Å². The molecule has 242 valence electrons. The van der Waals surface area contributed by atoms with E-state index in [9.17, 15) is 24.0 Å². The summed E-state index contributed by atoms with van der Waals surface area (Å²) in [6.45, 7) is 8.50. The maximum absolute atomic E-state index is 12.7. The number of imide groups is 1. The largest absolute Gasteiger partial charge is 0.467 e. The minimum absolute atomic E-state index is 0.0150. The van der Waals surface area contributed by atoms with Gasteiger partial charge in [-0.2, -0.15) is 0 Å². The van der Waals surface area contributed by atoms with Crippen molar-refractivity contribution in [3.8, 4) is 0 Å². The first-order valence-electron chi connectivity index (χ1n) is 14.8. The number of rotatable bonds is 16. The summed E-state index contributed by atoms with van der Waals surface area (Å²) in [5.74, 6) is -1.83. The van der Waals surface area contributed by atoms with E-state index in [1.807, 2.05) is 13.8 Å². The lowest BCUT2D eigenvalue weighted by atomic mass is 9.68. The number of Topliss-reactive ketones (excluding diaryl/α,β-unsaturated/α-hetero) is 1. The van der Waals surface area contributed by atoms with Crippen LogP contribution in [0.25, 0.3) is 0 Å². The Kier molecular flexibility index (Phi) is 12.6. The monoisotopic (exact) mass is 626 g/mol. The van der Waals surface area contributed by atoms with Crippen molar-refractivity contribution in [2.75, 3.05) is 32.3 Å². The quantitative estimate of drug-likeness (QED) is 0.147. The molecule has 2 N–H and O–H groups in total. The van der Waals surface area contributed by atoms with E-state index >= 15 is 0 Å². The van der Waals surface area contributed by atoms with Crippen LogP contribution in [-0.4, -0.2) is 97.5 Å². The molecule has 3 aliphatic rings. The van der Waals surface area contributed by atoms with Crippen LogP contribution in [0.4, 0.5) is 4.79 Å². The van der Waals surface area contributed by atoms with Crippen LogP contribution in [0.1, 0.15) is 72.6 Å². The fraction of sp³-hybridized carbons (Fsp3) is 0.767. The summed E-state index contributed by atoms with van der Waals surface area (Å²) in [5.41, 5.74) is 0.369. The second-order valence-electron chi connectivity index (χ2n) is 11.8. The van der Waals surface area contributed by atoms with E-state index in [1.54, 1.807) is 14.0 Å². The second kappa shape index (κ2) is 15.5. The predicted molar refractivity (Wildman–Crippen MR) is 158 cm³/mol. The molecule has 2 saturated heterocycles. The number of carbonyl (C=O) groups excluding carboxylic acids is 5. The van der Waals surface area contributed by atoms with E-state index in [1.165, 1.54) is 12.7 Å². The van der Waals surface area contributed by atoms with Gasteiger partial charge in [-0.3, -0.25) is 19.7 Å². The van der Waals surface area contributed by atoms with Gasteiger partial charge in [0, 0.05) is 32.1 Å². The highest BCUT2D eigenvalue weighted by Gasteiger charge is 2.72. The van der Waals surface area contributed by atoms with Crippen molar-refractivity contribution >= 4 is 41.4 Å². The van der Waals surface area contributed by atoms with E-state index in [0.717, 1.165) is 18.2 Å². The van der Waals surface area contributed by atoms with Gasteiger partial charge in [-0.25, -0.2) is 9.59 Å². The fourth-order valence-electron chi connectivity index (χ4n) is 5.86. The van der Waals surface area contributed by atoms with Gasteiger partial charge in [-0.1, -0.05) is 18.6 Å². The molecule has 0 bridgehead atoms. The van der Waals surface area contributed by atoms with Crippen molar-refractivity contribution in [2.24, 2.45) is 5.92 Å². The highest BCUT2D eigenvalue weighted by Crippen LogP contribution is 2.59. The minimum atomic E-state index is -0.978. The second-order valence-corrected chi connectivity index (χ2v) is 12.8. The number of nitrogens with one attached hydrogen (secondary N) is 2. The number of ether oxygens (including phenoxy) is 5. The molecule has 7 atom stereocenters. The molecule has 0 aromatic carbocycles. The Morgan fingerprint density at radius 2 is 1.84 bits per heavy atom. The third kappa shape index (κ3) is 9.50. The van der Waals surface area contributed by atoms with Gasteiger partial charge in [0.2, 0.25) is 11.8 Å². The first-order chi connectivity index (χ1) is 20.4. The molecule has 1 aliphatic carbocycles. The van der Waals surface area contributed by atoms with Crippen LogP contribution in [0.5, 0.6) is 0 Å². The Balaban J connectivity index is 1.47. The Morgan fingerprint density at radius 3 is 2.44 bits per heavy atom. The van der Waals surface area contributed by atoms with Crippen LogP contribution >= 0.6 is 11.8 Å². The van der Waals surface area contributed by atoms with Gasteiger partial charge >= 0.3 is 12.1 Å². The summed E-state index contributed by atoms with van der Waals surface area (Å²) < 4.78 is 28.4. The zero-order valence-corrected chi connectivity index (χ0v) is 26.8. The molecule has 3 rings (SSSR count). The van der Waals surface area contributed by atoms with Crippen LogP contribution in [-0.2, 0) is 42.9 Å². The molecule has 0 aromatic rings. The number of hydrogen-bond donors (Lipinski definition) is 2. The summed E-state index contributed by atoms with van der Waals surface area (Å²) in [6, 6.07) is -0.978. The third-order valence-electron chi connectivity index (χ3n) is 8.33. The molecule has 12 nitrogen and oxygen atoms in total. The Bertz CT molecular complexity index is 1070. The number of hydrogen-bond acceptors (Lipinski definition) is 11. The number of esters is 1. The van der Waals surface area contributed by atoms with Crippen molar-refractivity contribution < 1.29 is 47.7 Å². The van der Waals surface area contributed by atoms with Crippen LogP contribution in [0.2, 0.25) is 0 Å². The zero-order valence-electron chi connectivity index (χ0n) is 26.0. The van der Waals surface area contributed by atoms with Gasteiger partial charge in [-0.15, -0.1) is 11.8 Å². The standard InChI is InChI=1S/C30H46N2O10S/c1-7-19(33)9-8-10-23(34)31-20(27(36)39-6)15-43-16-24(35)32-28(37)41-21-13-14-30(17-40-30)26(25(21)38-5)29(4)22(42-29)12-11-18(2)3/h11,20-22,25-26H,7-10,12-17H2,1-6H3,(H,31,34)(H,32,35,37)/t20-,21-,22-,25-,26-,29?,30+/m1/s1. The lowest BCUT2D eigenvalue weighted by Gasteiger charge is -2.42. The number of amides is 3. The number of epoxide rings is 2. The third-order valence-corrected chi connectivity index (χ3v) is 9.36. The van der Waals surface area contributed by atoms with Crippen LogP contribution in [0, 0.1) is 5.92 Å². The minimum Gasteiger partial charge on any atom is -0.467 e. The summed E-state index contributed by atoms with van der Waals surface area (Å²) in [7, 11) is 2.78. The van der Waals surface area contributed by atoms with Gasteiger partial charge in [0.15, 0.2) is 0 Å². The Morgan fingerprint density at radius 1 is 1.12 bits per heavy atom. The first-order valence-corrected chi connectivity index (χ1v) is 16.0. The van der Waals surface area contributed by atoms with Crippen LogP contribution in [0.15, 0.2) is 11.6 Å². The van der Waals surface area contributed by atoms with E-state index in [2.05, 4.69) is 23.6 Å². The zero-order chi connectivity index (χ0) is 31.8. The number of allylic oxidation sites excluding steroid dienone is 1. The van der Waals surface area contributed by atoms with Crippen molar-refractivity contribution in [1.82, 2.24) is 10.6 Å². The maximum Gasteiger partial charge on any atom is 0.414 e. The normalized spacial score (nSPS) is 29.6. The average molecular weight is 627 g/mol. The molecule has 1 saturated carbocycles. The predicted octanol–water partition coefficient (Wildman–Crippen LogP) is 2.86. The van der Waals surface area contributed by atoms with E-state index in [0.29, 0.717) is 38.7 Å². The molecule has 0 aromatic heterocycles. The summed E-state index contributed by atoms with van der Waals surface area (Å²) in [6.07, 6.45) is 3.37. The summed E-state index contributed by atoms with van der Waals surface area (Å²) in [4.78, 5) is 61.0. The molecular formula is C30H46N2O10S. The lowest BCUT2D eigenvalue weighted by Crippen LogP contribution is -2.56. The Hall–Kier alpha value is -2.48. The number of thioether (sulfide) groups is 1. The van der Waals surface area contributed by atoms with Gasteiger partial charge in [-0.05, 0) is 46.5 Å². The number of methoxy groups -OCH3 is 2. The van der Waals surface area contributed by atoms with E-state index in [4.69, 9.17) is 23.7 Å². The van der Waals surface area contributed by atoms with Crippen molar-refractivity contribution in [3.63, 3.8) is 0 Å². The fourth-order valence-corrected chi connectivity index (χ4v) is 6.69. The number of ketones is 1. The maximum atomic E-state index is 12.7. The molecule has 1 spiro atoms.